The molecule has 1 aromatic heterocycles. The number of aliphatic hydroxyl groups excluding tert-OH is 1. The molecule has 2 aliphatic rings. The van der Waals surface area contributed by atoms with E-state index in [2.05, 4.69) is 23.3 Å². The molecule has 0 unspecified atom stereocenters. The summed E-state index contributed by atoms with van der Waals surface area (Å²) in [5.41, 5.74) is 1.42. The van der Waals surface area contributed by atoms with Gasteiger partial charge in [0.1, 0.15) is 0 Å². The van der Waals surface area contributed by atoms with Gasteiger partial charge in [0.25, 0.3) is 0 Å². The van der Waals surface area contributed by atoms with Crippen molar-refractivity contribution in [2.75, 3.05) is 32.8 Å². The van der Waals surface area contributed by atoms with E-state index >= 15 is 0 Å². The van der Waals surface area contributed by atoms with Crippen molar-refractivity contribution in [3.05, 3.63) is 21.9 Å². The number of piperidine rings is 1. The number of amides is 1. The minimum Gasteiger partial charge on any atom is -0.396 e. The molecule has 0 aromatic carbocycles. The van der Waals surface area contributed by atoms with Crippen molar-refractivity contribution in [1.29, 1.82) is 0 Å². The van der Waals surface area contributed by atoms with Crippen LogP contribution in [0.4, 0.5) is 0 Å². The Kier molecular flexibility index (Phi) is 4.85. The van der Waals surface area contributed by atoms with Crippen LogP contribution in [0.2, 0.25) is 0 Å². The van der Waals surface area contributed by atoms with Crippen LogP contribution in [0.3, 0.4) is 0 Å². The first-order valence-corrected chi connectivity index (χ1v) is 9.20. The zero-order chi connectivity index (χ0) is 15.6. The maximum absolute atomic E-state index is 12.5. The predicted molar refractivity (Wildman–Crippen MR) is 88.9 cm³/mol. The molecule has 1 fully saturated rings. The van der Waals surface area contributed by atoms with Crippen molar-refractivity contribution >= 4 is 17.2 Å². The first-order chi connectivity index (χ1) is 10.7. The molecule has 22 heavy (non-hydrogen) atoms. The third kappa shape index (κ3) is 3.21. The molecule has 3 heterocycles. The lowest BCUT2D eigenvalue weighted by atomic mass is 9.77. The minimum absolute atomic E-state index is 0.0935. The summed E-state index contributed by atoms with van der Waals surface area (Å²) in [6.07, 6.45) is 4.03. The fraction of sp³-hybridized carbons (Fsp3) is 0.706. The number of rotatable bonds is 4. The standard InChI is InChI=1S/C17H26N2O2S/c1-2-17(13-20)5-8-18(9-6-17)12-16(21)19-7-3-15-14(11-19)4-10-22-15/h4,10,20H,2-3,5-9,11-13H2,1H3. The van der Waals surface area contributed by atoms with E-state index in [9.17, 15) is 9.90 Å². The Balaban J connectivity index is 1.51. The maximum Gasteiger partial charge on any atom is 0.237 e. The number of fused-ring (bicyclic) bond motifs is 1. The maximum atomic E-state index is 12.5. The molecule has 0 saturated carbocycles. The van der Waals surface area contributed by atoms with Gasteiger partial charge in [-0.05, 0) is 61.2 Å². The van der Waals surface area contributed by atoms with Gasteiger partial charge in [0.05, 0.1) is 6.54 Å². The highest BCUT2D eigenvalue weighted by Crippen LogP contribution is 2.34. The zero-order valence-corrected chi connectivity index (χ0v) is 14.2. The molecule has 122 valence electrons. The molecule has 0 aliphatic carbocycles. The van der Waals surface area contributed by atoms with Gasteiger partial charge < -0.3 is 10.0 Å². The summed E-state index contributed by atoms with van der Waals surface area (Å²) in [7, 11) is 0. The molecule has 1 saturated heterocycles. The highest BCUT2D eigenvalue weighted by molar-refractivity contribution is 7.10. The van der Waals surface area contributed by atoms with Crippen molar-refractivity contribution < 1.29 is 9.90 Å². The lowest BCUT2D eigenvalue weighted by molar-refractivity contribution is -0.134. The van der Waals surface area contributed by atoms with Gasteiger partial charge in [-0.2, -0.15) is 0 Å². The van der Waals surface area contributed by atoms with E-state index in [4.69, 9.17) is 0 Å². The van der Waals surface area contributed by atoms with Gasteiger partial charge in [-0.3, -0.25) is 9.69 Å². The Morgan fingerprint density at radius 3 is 2.82 bits per heavy atom. The second-order valence-electron chi connectivity index (χ2n) is 6.72. The summed E-state index contributed by atoms with van der Waals surface area (Å²) in [5.74, 6) is 0.254. The molecular weight excluding hydrogens is 296 g/mol. The molecule has 1 aromatic rings. The van der Waals surface area contributed by atoms with Crippen molar-refractivity contribution in [2.45, 2.75) is 39.2 Å². The highest BCUT2D eigenvalue weighted by atomic mass is 32.1. The summed E-state index contributed by atoms with van der Waals surface area (Å²) in [5, 5.41) is 11.7. The quantitative estimate of drug-likeness (QED) is 0.923. The molecule has 0 radical (unpaired) electrons. The Labute approximate surface area is 136 Å². The molecule has 0 bridgehead atoms. The van der Waals surface area contributed by atoms with Crippen molar-refractivity contribution in [3.8, 4) is 0 Å². The summed E-state index contributed by atoms with van der Waals surface area (Å²) < 4.78 is 0. The largest absolute Gasteiger partial charge is 0.396 e. The van der Waals surface area contributed by atoms with E-state index in [0.29, 0.717) is 6.54 Å². The third-order valence-corrected chi connectivity index (χ3v) is 6.54. The number of carbonyl (C=O) groups excluding carboxylic acids is 1. The molecule has 4 nitrogen and oxygen atoms in total. The van der Waals surface area contributed by atoms with Crippen LogP contribution >= 0.6 is 11.3 Å². The number of nitrogens with zero attached hydrogens (tertiary/aromatic N) is 2. The average Bonchev–Trinajstić information content (AvgIpc) is 3.03. The van der Waals surface area contributed by atoms with Gasteiger partial charge >= 0.3 is 0 Å². The van der Waals surface area contributed by atoms with Crippen molar-refractivity contribution in [1.82, 2.24) is 9.80 Å². The number of hydrogen-bond acceptors (Lipinski definition) is 4. The van der Waals surface area contributed by atoms with E-state index in [0.717, 1.165) is 51.9 Å². The van der Waals surface area contributed by atoms with Gasteiger partial charge in [0, 0.05) is 24.6 Å². The second kappa shape index (κ2) is 6.69. The first-order valence-electron chi connectivity index (χ1n) is 8.32. The normalized spacial score (nSPS) is 21.6. The second-order valence-corrected chi connectivity index (χ2v) is 7.72. The van der Waals surface area contributed by atoms with Gasteiger partial charge in [-0.25, -0.2) is 0 Å². The molecule has 3 rings (SSSR count). The Bertz CT molecular complexity index is 514. The fourth-order valence-electron chi connectivity index (χ4n) is 3.56. The smallest absolute Gasteiger partial charge is 0.237 e. The first kappa shape index (κ1) is 16.0. The van der Waals surface area contributed by atoms with Gasteiger partial charge in [0.15, 0.2) is 0 Å². The molecule has 0 spiro atoms. The third-order valence-electron chi connectivity index (χ3n) is 5.52. The Hall–Kier alpha value is -0.910. The number of thiophene rings is 1. The van der Waals surface area contributed by atoms with Crippen molar-refractivity contribution in [2.24, 2.45) is 5.41 Å². The molecule has 1 N–H and O–H groups in total. The van der Waals surface area contributed by atoms with Crippen LogP contribution in [0.5, 0.6) is 0 Å². The average molecular weight is 322 g/mol. The summed E-state index contributed by atoms with van der Waals surface area (Å²) in [6, 6.07) is 2.15. The summed E-state index contributed by atoms with van der Waals surface area (Å²) in [4.78, 5) is 18.2. The SMILES string of the molecule is CCC1(CO)CCN(CC(=O)N2CCc3sccc3C2)CC1. The lowest BCUT2D eigenvalue weighted by Crippen LogP contribution is -2.47. The van der Waals surface area contributed by atoms with Crippen LogP contribution in [0.25, 0.3) is 0 Å². The summed E-state index contributed by atoms with van der Waals surface area (Å²) in [6.45, 7) is 6.46. The monoisotopic (exact) mass is 322 g/mol. The van der Waals surface area contributed by atoms with Crippen molar-refractivity contribution in [3.63, 3.8) is 0 Å². The fourth-order valence-corrected chi connectivity index (χ4v) is 4.45. The van der Waals surface area contributed by atoms with E-state index in [1.807, 2.05) is 16.2 Å². The molecular formula is C17H26N2O2S. The van der Waals surface area contributed by atoms with E-state index in [-0.39, 0.29) is 17.9 Å². The van der Waals surface area contributed by atoms with Crippen LogP contribution in [-0.4, -0.2) is 53.6 Å². The lowest BCUT2D eigenvalue weighted by Gasteiger charge is -2.40. The van der Waals surface area contributed by atoms with Crippen LogP contribution in [0.15, 0.2) is 11.4 Å². The summed E-state index contributed by atoms with van der Waals surface area (Å²) >= 11 is 1.81. The minimum atomic E-state index is 0.0935. The van der Waals surface area contributed by atoms with E-state index < -0.39 is 0 Å². The van der Waals surface area contributed by atoms with Crippen LogP contribution in [-0.2, 0) is 17.8 Å². The molecule has 2 aliphatic heterocycles. The topological polar surface area (TPSA) is 43.8 Å². The van der Waals surface area contributed by atoms with Crippen LogP contribution in [0, 0.1) is 5.41 Å². The van der Waals surface area contributed by atoms with Crippen LogP contribution < -0.4 is 0 Å². The Morgan fingerprint density at radius 1 is 1.36 bits per heavy atom. The van der Waals surface area contributed by atoms with Gasteiger partial charge in [-0.15, -0.1) is 11.3 Å². The van der Waals surface area contributed by atoms with Gasteiger partial charge in [0.2, 0.25) is 5.91 Å². The molecule has 5 heteroatoms. The number of likely N-dealkylation sites (tertiary alicyclic amines) is 1. The van der Waals surface area contributed by atoms with E-state index in [1.165, 1.54) is 10.4 Å². The number of hydrogen-bond donors (Lipinski definition) is 1. The Morgan fingerprint density at radius 2 is 2.14 bits per heavy atom. The molecule has 0 atom stereocenters. The van der Waals surface area contributed by atoms with E-state index in [1.54, 1.807) is 0 Å². The number of aliphatic hydroxyl groups is 1. The number of carbonyl (C=O) groups is 1. The van der Waals surface area contributed by atoms with Gasteiger partial charge in [-0.1, -0.05) is 6.92 Å². The highest BCUT2D eigenvalue weighted by Gasteiger charge is 2.33. The van der Waals surface area contributed by atoms with Crippen LogP contribution in [0.1, 0.15) is 36.6 Å². The zero-order valence-electron chi connectivity index (χ0n) is 13.4. The molecule has 1 amide bonds. The predicted octanol–water partition coefficient (Wildman–Crippen LogP) is 2.12.